The molecular formula is C21H26N4O4. The Morgan fingerprint density at radius 1 is 1.14 bits per heavy atom. The Morgan fingerprint density at radius 3 is 2.59 bits per heavy atom. The summed E-state index contributed by atoms with van der Waals surface area (Å²) in [5, 5.41) is 4.29. The minimum absolute atomic E-state index is 0.0199. The second kappa shape index (κ2) is 7.87. The fourth-order valence-corrected chi connectivity index (χ4v) is 3.80. The summed E-state index contributed by atoms with van der Waals surface area (Å²) in [4.78, 5) is 29.6. The van der Waals surface area contributed by atoms with Crippen LogP contribution in [0, 0.1) is 6.92 Å². The number of nitrogens with zero attached hydrogens (tertiary/aromatic N) is 4. The van der Waals surface area contributed by atoms with Gasteiger partial charge in [-0.15, -0.1) is 0 Å². The standard InChI is InChI=1S/C21H26N4O4/c1-14-10-18(23(3)22-14)21(27)25-12-17-11-16(4-5-19(17)29-13-15(25)2)20(26)24-6-8-28-9-7-24/h4-5,10-11,15H,6-9,12-13H2,1-3H3/t15-/m0/s1. The van der Waals surface area contributed by atoms with Gasteiger partial charge < -0.3 is 19.3 Å². The number of hydrogen-bond acceptors (Lipinski definition) is 5. The minimum Gasteiger partial charge on any atom is -0.491 e. The molecule has 154 valence electrons. The molecule has 8 nitrogen and oxygen atoms in total. The first kappa shape index (κ1) is 19.4. The third-order valence-corrected chi connectivity index (χ3v) is 5.44. The summed E-state index contributed by atoms with van der Waals surface area (Å²) in [6.07, 6.45) is 0. The van der Waals surface area contributed by atoms with Crippen LogP contribution in [0.3, 0.4) is 0 Å². The summed E-state index contributed by atoms with van der Waals surface area (Å²) in [6.45, 7) is 6.91. The third kappa shape index (κ3) is 3.85. The van der Waals surface area contributed by atoms with Crippen LogP contribution in [-0.2, 0) is 18.3 Å². The molecule has 4 rings (SSSR count). The average Bonchev–Trinajstić information content (AvgIpc) is 2.98. The van der Waals surface area contributed by atoms with Gasteiger partial charge in [0, 0.05) is 31.3 Å². The number of ether oxygens (including phenoxy) is 2. The van der Waals surface area contributed by atoms with Crippen LogP contribution in [0.5, 0.6) is 5.75 Å². The molecule has 2 aromatic rings. The van der Waals surface area contributed by atoms with Gasteiger partial charge in [0.1, 0.15) is 18.1 Å². The number of hydrogen-bond donors (Lipinski definition) is 0. The smallest absolute Gasteiger partial charge is 0.272 e. The lowest BCUT2D eigenvalue weighted by Gasteiger charge is -2.27. The Kier molecular flexibility index (Phi) is 5.27. The van der Waals surface area contributed by atoms with Gasteiger partial charge in [0.25, 0.3) is 11.8 Å². The maximum atomic E-state index is 13.2. The Hall–Kier alpha value is -2.87. The van der Waals surface area contributed by atoms with Crippen molar-refractivity contribution < 1.29 is 19.1 Å². The van der Waals surface area contributed by atoms with Crippen LogP contribution in [-0.4, -0.2) is 70.3 Å². The van der Waals surface area contributed by atoms with Crippen LogP contribution < -0.4 is 4.74 Å². The van der Waals surface area contributed by atoms with E-state index in [1.165, 1.54) is 0 Å². The van der Waals surface area contributed by atoms with Crippen LogP contribution >= 0.6 is 0 Å². The molecule has 1 atom stereocenters. The molecule has 2 aliphatic heterocycles. The van der Waals surface area contributed by atoms with Crippen molar-refractivity contribution in [1.29, 1.82) is 0 Å². The van der Waals surface area contributed by atoms with E-state index in [0.717, 1.165) is 11.3 Å². The zero-order chi connectivity index (χ0) is 20.5. The summed E-state index contributed by atoms with van der Waals surface area (Å²) in [5.41, 5.74) is 2.78. The quantitative estimate of drug-likeness (QED) is 0.768. The molecule has 1 aromatic carbocycles. The van der Waals surface area contributed by atoms with Crippen molar-refractivity contribution in [3.05, 3.63) is 46.8 Å². The molecule has 0 unspecified atom stereocenters. The molecule has 0 spiro atoms. The first-order valence-electron chi connectivity index (χ1n) is 9.88. The Labute approximate surface area is 170 Å². The molecule has 1 saturated heterocycles. The summed E-state index contributed by atoms with van der Waals surface area (Å²) < 4.78 is 12.9. The Balaban J connectivity index is 1.61. The van der Waals surface area contributed by atoms with Gasteiger partial charge in [0.05, 0.1) is 31.5 Å². The second-order valence-corrected chi connectivity index (χ2v) is 7.61. The van der Waals surface area contributed by atoms with Gasteiger partial charge in [0.15, 0.2) is 0 Å². The Morgan fingerprint density at radius 2 is 1.90 bits per heavy atom. The third-order valence-electron chi connectivity index (χ3n) is 5.44. The van der Waals surface area contributed by atoms with Gasteiger partial charge in [-0.3, -0.25) is 14.3 Å². The van der Waals surface area contributed by atoms with E-state index in [1.54, 1.807) is 33.7 Å². The van der Waals surface area contributed by atoms with E-state index in [9.17, 15) is 9.59 Å². The molecule has 2 aliphatic rings. The Bertz CT molecular complexity index is 933. The lowest BCUT2D eigenvalue weighted by Crippen LogP contribution is -2.41. The van der Waals surface area contributed by atoms with Crippen molar-refractivity contribution >= 4 is 11.8 Å². The fraction of sp³-hybridized carbons (Fsp3) is 0.476. The van der Waals surface area contributed by atoms with Gasteiger partial charge in [-0.1, -0.05) is 0 Å². The summed E-state index contributed by atoms with van der Waals surface area (Å²) >= 11 is 0. The lowest BCUT2D eigenvalue weighted by atomic mass is 10.1. The van der Waals surface area contributed by atoms with Crippen molar-refractivity contribution in [2.24, 2.45) is 7.05 Å². The van der Waals surface area contributed by atoms with Gasteiger partial charge in [-0.2, -0.15) is 5.10 Å². The highest BCUT2D eigenvalue weighted by Crippen LogP contribution is 2.28. The SMILES string of the molecule is Cc1cc(C(=O)N2Cc3cc(C(=O)N4CCOCC4)ccc3OC[C@@H]2C)n(C)n1. The molecule has 0 aliphatic carbocycles. The van der Waals surface area contributed by atoms with Crippen LogP contribution in [0.4, 0.5) is 0 Å². The minimum atomic E-state index is -0.108. The van der Waals surface area contributed by atoms with E-state index in [1.807, 2.05) is 26.0 Å². The molecule has 0 saturated carbocycles. The fourth-order valence-electron chi connectivity index (χ4n) is 3.80. The molecule has 0 bridgehead atoms. The molecule has 0 N–H and O–H groups in total. The van der Waals surface area contributed by atoms with Crippen LogP contribution in [0.25, 0.3) is 0 Å². The normalized spacial score (nSPS) is 19.3. The number of aryl methyl sites for hydroxylation is 2. The van der Waals surface area contributed by atoms with Crippen molar-refractivity contribution in [1.82, 2.24) is 19.6 Å². The molecule has 2 amide bonds. The van der Waals surface area contributed by atoms with E-state index in [0.29, 0.717) is 56.5 Å². The highest BCUT2D eigenvalue weighted by molar-refractivity contribution is 5.95. The number of aromatic nitrogens is 2. The molecule has 0 radical (unpaired) electrons. The van der Waals surface area contributed by atoms with Gasteiger partial charge >= 0.3 is 0 Å². The van der Waals surface area contributed by atoms with E-state index in [2.05, 4.69) is 5.10 Å². The van der Waals surface area contributed by atoms with E-state index in [-0.39, 0.29) is 17.9 Å². The highest BCUT2D eigenvalue weighted by Gasteiger charge is 2.29. The molecule has 1 fully saturated rings. The molecular weight excluding hydrogens is 372 g/mol. The lowest BCUT2D eigenvalue weighted by molar-refractivity contribution is 0.0303. The highest BCUT2D eigenvalue weighted by atomic mass is 16.5. The number of amides is 2. The summed E-state index contributed by atoms with van der Waals surface area (Å²) in [6, 6.07) is 7.16. The average molecular weight is 398 g/mol. The van der Waals surface area contributed by atoms with Gasteiger partial charge in [-0.05, 0) is 38.1 Å². The van der Waals surface area contributed by atoms with Crippen LogP contribution in [0.1, 0.15) is 39.0 Å². The zero-order valence-electron chi connectivity index (χ0n) is 17.1. The van der Waals surface area contributed by atoms with Crippen molar-refractivity contribution in [3.63, 3.8) is 0 Å². The maximum Gasteiger partial charge on any atom is 0.272 e. The topological polar surface area (TPSA) is 76.9 Å². The number of carbonyl (C=O) groups is 2. The number of fused-ring (bicyclic) bond motifs is 1. The number of carbonyl (C=O) groups excluding carboxylic acids is 2. The molecule has 29 heavy (non-hydrogen) atoms. The van der Waals surface area contributed by atoms with Gasteiger partial charge in [0.2, 0.25) is 0 Å². The first-order valence-corrected chi connectivity index (χ1v) is 9.88. The monoisotopic (exact) mass is 398 g/mol. The van der Waals surface area contributed by atoms with Gasteiger partial charge in [-0.25, -0.2) is 0 Å². The van der Waals surface area contributed by atoms with E-state index < -0.39 is 0 Å². The van der Waals surface area contributed by atoms with E-state index in [4.69, 9.17) is 9.47 Å². The number of rotatable bonds is 2. The van der Waals surface area contributed by atoms with E-state index >= 15 is 0 Å². The summed E-state index contributed by atoms with van der Waals surface area (Å²) in [7, 11) is 1.77. The first-order chi connectivity index (χ1) is 13.9. The predicted molar refractivity (Wildman–Crippen MR) is 106 cm³/mol. The second-order valence-electron chi connectivity index (χ2n) is 7.61. The number of benzene rings is 1. The summed E-state index contributed by atoms with van der Waals surface area (Å²) in [5.74, 6) is 0.599. The van der Waals surface area contributed by atoms with Crippen LogP contribution in [0.15, 0.2) is 24.3 Å². The number of morpholine rings is 1. The largest absolute Gasteiger partial charge is 0.491 e. The molecule has 8 heteroatoms. The van der Waals surface area contributed by atoms with Crippen LogP contribution in [0.2, 0.25) is 0 Å². The zero-order valence-corrected chi connectivity index (χ0v) is 17.1. The van der Waals surface area contributed by atoms with Crippen molar-refractivity contribution in [3.8, 4) is 5.75 Å². The molecule has 1 aromatic heterocycles. The van der Waals surface area contributed by atoms with Crippen molar-refractivity contribution in [2.45, 2.75) is 26.4 Å². The van der Waals surface area contributed by atoms with Crippen molar-refractivity contribution in [2.75, 3.05) is 32.9 Å². The molecule has 3 heterocycles. The predicted octanol–water partition coefficient (Wildman–Crippen LogP) is 1.62. The maximum absolute atomic E-state index is 13.2.